The van der Waals surface area contributed by atoms with Crippen molar-refractivity contribution in [2.45, 2.75) is 5.75 Å². The zero-order valence-electron chi connectivity index (χ0n) is 7.40. The van der Waals surface area contributed by atoms with E-state index in [4.69, 9.17) is 21.5 Å². The minimum absolute atomic E-state index is 0.173. The molecule has 1 rings (SSSR count). The van der Waals surface area contributed by atoms with Gasteiger partial charge in [0.1, 0.15) is 0 Å². The van der Waals surface area contributed by atoms with Gasteiger partial charge in [0.15, 0.2) is 0 Å². The quantitative estimate of drug-likeness (QED) is 0.830. The number of nitrogens with zero attached hydrogens (tertiary/aromatic N) is 1. The van der Waals surface area contributed by atoms with Crippen molar-refractivity contribution >= 4 is 21.6 Å². The number of rotatable bonds is 3. The Labute approximate surface area is 86.9 Å². The van der Waals surface area contributed by atoms with Gasteiger partial charge < -0.3 is 4.74 Å². The Morgan fingerprint density at radius 1 is 1.64 bits per heavy atom. The topological polar surface area (TPSA) is 82.3 Å². The van der Waals surface area contributed by atoms with Crippen molar-refractivity contribution in [2.24, 2.45) is 5.14 Å². The van der Waals surface area contributed by atoms with E-state index in [2.05, 4.69) is 4.98 Å². The van der Waals surface area contributed by atoms with Crippen LogP contribution in [0.15, 0.2) is 12.3 Å². The van der Waals surface area contributed by atoms with E-state index in [1.165, 1.54) is 19.4 Å². The van der Waals surface area contributed by atoms with Crippen molar-refractivity contribution in [1.29, 1.82) is 0 Å². The van der Waals surface area contributed by atoms with Gasteiger partial charge in [-0.05, 0) is 6.07 Å². The second kappa shape index (κ2) is 4.12. The van der Waals surface area contributed by atoms with E-state index in [1.54, 1.807) is 0 Å². The van der Waals surface area contributed by atoms with Crippen molar-refractivity contribution in [3.8, 4) is 5.88 Å². The average molecular weight is 237 g/mol. The number of sulfonamides is 1. The van der Waals surface area contributed by atoms with Crippen LogP contribution >= 0.6 is 11.6 Å². The molecular formula is C7H9ClN2O3S. The fourth-order valence-electron chi connectivity index (χ4n) is 0.959. The van der Waals surface area contributed by atoms with Crippen LogP contribution < -0.4 is 9.88 Å². The first-order chi connectivity index (χ1) is 6.44. The van der Waals surface area contributed by atoms with Crippen molar-refractivity contribution in [2.75, 3.05) is 7.11 Å². The predicted molar refractivity (Wildman–Crippen MR) is 52.6 cm³/mol. The summed E-state index contributed by atoms with van der Waals surface area (Å²) in [6, 6.07) is 1.48. The summed E-state index contributed by atoms with van der Waals surface area (Å²) in [6.45, 7) is 0. The van der Waals surface area contributed by atoms with Crippen LogP contribution in [0.3, 0.4) is 0 Å². The Hall–Kier alpha value is -0.850. The fourth-order valence-corrected chi connectivity index (χ4v) is 1.92. The van der Waals surface area contributed by atoms with E-state index in [9.17, 15) is 8.42 Å². The van der Waals surface area contributed by atoms with Crippen LogP contribution in [0, 0.1) is 0 Å². The van der Waals surface area contributed by atoms with Gasteiger partial charge in [-0.15, -0.1) is 0 Å². The third-order valence-electron chi connectivity index (χ3n) is 1.50. The summed E-state index contributed by atoms with van der Waals surface area (Å²) in [4.78, 5) is 3.82. The molecule has 7 heteroatoms. The van der Waals surface area contributed by atoms with Crippen LogP contribution in [0.1, 0.15) is 5.56 Å². The Balaban J connectivity index is 3.18. The number of nitrogens with two attached hydrogens (primary N) is 1. The molecular weight excluding hydrogens is 228 g/mol. The van der Waals surface area contributed by atoms with E-state index in [-0.39, 0.29) is 22.2 Å². The number of hydrogen-bond donors (Lipinski definition) is 1. The maximum Gasteiger partial charge on any atom is 0.218 e. The molecule has 5 nitrogen and oxygen atoms in total. The highest BCUT2D eigenvalue weighted by Crippen LogP contribution is 2.24. The van der Waals surface area contributed by atoms with Gasteiger partial charge in [-0.1, -0.05) is 11.6 Å². The second-order valence-electron chi connectivity index (χ2n) is 2.59. The highest BCUT2D eigenvalue weighted by atomic mass is 35.5. The fraction of sp³-hybridized carbons (Fsp3) is 0.286. The molecule has 0 bridgehead atoms. The molecule has 0 aliphatic rings. The molecule has 0 atom stereocenters. The van der Waals surface area contributed by atoms with Gasteiger partial charge in [0.2, 0.25) is 15.9 Å². The molecule has 14 heavy (non-hydrogen) atoms. The normalized spacial score (nSPS) is 11.4. The third-order valence-corrected chi connectivity index (χ3v) is 2.54. The van der Waals surface area contributed by atoms with E-state index in [0.717, 1.165) is 0 Å². The molecule has 1 aromatic heterocycles. The zero-order valence-corrected chi connectivity index (χ0v) is 8.97. The number of aromatic nitrogens is 1. The molecule has 0 aliphatic carbocycles. The molecule has 78 valence electrons. The lowest BCUT2D eigenvalue weighted by atomic mass is 10.3. The zero-order chi connectivity index (χ0) is 10.8. The molecule has 0 radical (unpaired) electrons. The standard InChI is InChI=1S/C7H9ClN2O3S/c1-13-7-5(4-14(9,11)12)6(8)2-3-10-7/h2-3H,4H2,1H3,(H2,9,11,12). The van der Waals surface area contributed by atoms with Gasteiger partial charge in [0, 0.05) is 11.8 Å². The van der Waals surface area contributed by atoms with Crippen LogP contribution in [0.25, 0.3) is 0 Å². The first kappa shape index (κ1) is 11.2. The number of methoxy groups -OCH3 is 1. The maximum absolute atomic E-state index is 10.9. The highest BCUT2D eigenvalue weighted by molar-refractivity contribution is 7.88. The van der Waals surface area contributed by atoms with Gasteiger partial charge in [-0.25, -0.2) is 18.5 Å². The lowest BCUT2D eigenvalue weighted by Crippen LogP contribution is -2.15. The molecule has 0 aliphatic heterocycles. The van der Waals surface area contributed by atoms with Gasteiger partial charge in [-0.2, -0.15) is 0 Å². The monoisotopic (exact) mass is 236 g/mol. The summed E-state index contributed by atoms with van der Waals surface area (Å²) in [5.74, 6) is -0.213. The predicted octanol–water partition coefficient (Wildman–Crippen LogP) is 0.532. The summed E-state index contributed by atoms with van der Waals surface area (Å²) in [5, 5.41) is 5.16. The first-order valence-electron chi connectivity index (χ1n) is 3.62. The molecule has 2 N–H and O–H groups in total. The summed E-state index contributed by atoms with van der Waals surface area (Å²) in [7, 11) is -2.26. The van der Waals surface area contributed by atoms with Gasteiger partial charge in [-0.3, -0.25) is 0 Å². The summed E-state index contributed by atoms with van der Waals surface area (Å²) < 4.78 is 26.6. The molecule has 0 unspecified atom stereocenters. The van der Waals surface area contributed by atoms with Crippen molar-refractivity contribution < 1.29 is 13.2 Å². The number of ether oxygens (including phenoxy) is 1. The van der Waals surface area contributed by atoms with Gasteiger partial charge >= 0.3 is 0 Å². The Morgan fingerprint density at radius 2 is 2.29 bits per heavy atom. The van der Waals surface area contributed by atoms with Crippen molar-refractivity contribution in [3.05, 3.63) is 22.8 Å². The number of primary sulfonamides is 1. The first-order valence-corrected chi connectivity index (χ1v) is 5.71. The van der Waals surface area contributed by atoms with E-state index in [0.29, 0.717) is 0 Å². The van der Waals surface area contributed by atoms with Crippen LogP contribution in [0.5, 0.6) is 5.88 Å². The largest absolute Gasteiger partial charge is 0.481 e. The minimum Gasteiger partial charge on any atom is -0.481 e. The van der Waals surface area contributed by atoms with Crippen LogP contribution in [0.2, 0.25) is 5.02 Å². The smallest absolute Gasteiger partial charge is 0.218 e. The Morgan fingerprint density at radius 3 is 2.79 bits per heavy atom. The Kier molecular flexibility index (Phi) is 3.30. The number of hydrogen-bond acceptors (Lipinski definition) is 4. The third kappa shape index (κ3) is 2.83. The molecule has 0 saturated heterocycles. The molecule has 0 spiro atoms. The van der Waals surface area contributed by atoms with E-state index < -0.39 is 10.0 Å². The van der Waals surface area contributed by atoms with Crippen molar-refractivity contribution in [1.82, 2.24) is 4.98 Å². The Bertz CT molecular complexity index is 433. The van der Waals surface area contributed by atoms with E-state index >= 15 is 0 Å². The van der Waals surface area contributed by atoms with Gasteiger partial charge in [0.25, 0.3) is 0 Å². The number of pyridine rings is 1. The number of halogens is 1. The summed E-state index contributed by atoms with van der Waals surface area (Å²) in [5.41, 5.74) is 0.277. The van der Waals surface area contributed by atoms with Crippen molar-refractivity contribution in [3.63, 3.8) is 0 Å². The molecule has 0 aromatic carbocycles. The lowest BCUT2D eigenvalue weighted by Gasteiger charge is -2.07. The highest BCUT2D eigenvalue weighted by Gasteiger charge is 2.14. The summed E-state index contributed by atoms with van der Waals surface area (Å²) in [6.07, 6.45) is 1.42. The van der Waals surface area contributed by atoms with E-state index in [1.807, 2.05) is 0 Å². The maximum atomic E-state index is 10.9. The summed E-state index contributed by atoms with van der Waals surface area (Å²) >= 11 is 5.77. The SMILES string of the molecule is COc1nccc(Cl)c1CS(N)(=O)=O. The van der Waals surface area contributed by atoms with Gasteiger partial charge in [0.05, 0.1) is 17.9 Å². The lowest BCUT2D eigenvalue weighted by molar-refractivity contribution is 0.394. The average Bonchev–Trinajstić information content (AvgIpc) is 2.06. The molecule has 1 aromatic rings. The molecule has 0 saturated carbocycles. The van der Waals surface area contributed by atoms with Crippen LogP contribution in [-0.4, -0.2) is 20.5 Å². The molecule has 1 heterocycles. The molecule has 0 fully saturated rings. The minimum atomic E-state index is -3.64. The molecule has 0 amide bonds. The van der Waals surface area contributed by atoms with Crippen LogP contribution in [-0.2, 0) is 15.8 Å². The second-order valence-corrected chi connectivity index (χ2v) is 4.61. The van der Waals surface area contributed by atoms with Crippen LogP contribution in [0.4, 0.5) is 0 Å².